The third kappa shape index (κ3) is 12.8. The molecule has 0 radical (unpaired) electrons. The van der Waals surface area contributed by atoms with Crippen LogP contribution in [0.2, 0.25) is 0 Å². The lowest BCUT2D eigenvalue weighted by molar-refractivity contribution is -0.145. The van der Waals surface area contributed by atoms with Crippen LogP contribution in [0.5, 0.6) is 0 Å². The summed E-state index contributed by atoms with van der Waals surface area (Å²) in [6.45, 7) is -0.767. The number of benzene rings is 3. The van der Waals surface area contributed by atoms with Gasteiger partial charge in [0.1, 0.15) is 25.9 Å². The molecule has 3 aromatic carbocycles. The molecule has 51 heavy (non-hydrogen) atoms. The highest BCUT2D eigenvalue weighted by Crippen LogP contribution is 2.44. The van der Waals surface area contributed by atoms with Crippen LogP contribution in [0, 0.1) is 0 Å². The molecule has 4 N–H and O–H groups in total. The Morgan fingerprint density at radius 1 is 0.961 bits per heavy atom. The number of rotatable bonds is 19. The van der Waals surface area contributed by atoms with E-state index >= 15 is 0 Å². The number of methoxy groups -OCH3 is 1. The number of phosphoric ester groups is 1. The standard InChI is InChI=1S/C33H36ClN2O12PS2/c1-44-30(37)19-45-14-12-22-16-21(17-46-32(34)39)10-11-29(22)51-50-20-28(31(38)35-13-15-48-49(41,42)43)36-33(40)47-18-27-25-8-4-2-6-23(25)24-7-3-5-9-26(24)27/h2-11,16,27-28H,12-15,17-20H2,1H3,(H,35,38)(H,36,40)(H2,41,42,43). The van der Waals surface area contributed by atoms with Gasteiger partial charge < -0.3 is 39.4 Å². The first kappa shape index (κ1) is 40.2. The van der Waals surface area contributed by atoms with Gasteiger partial charge in [0.05, 0.1) is 20.3 Å². The van der Waals surface area contributed by atoms with Crippen LogP contribution in [-0.2, 0) is 50.7 Å². The highest BCUT2D eigenvalue weighted by Gasteiger charge is 2.30. The number of hydrogen-bond donors (Lipinski definition) is 4. The van der Waals surface area contributed by atoms with E-state index in [9.17, 15) is 23.7 Å². The molecule has 0 fully saturated rings. The van der Waals surface area contributed by atoms with E-state index in [-0.39, 0.29) is 44.6 Å². The number of amides is 2. The van der Waals surface area contributed by atoms with Crippen molar-refractivity contribution in [1.82, 2.24) is 10.6 Å². The van der Waals surface area contributed by atoms with Crippen LogP contribution >= 0.6 is 41.0 Å². The van der Waals surface area contributed by atoms with Gasteiger partial charge in [0.25, 0.3) is 0 Å². The monoisotopic (exact) mass is 782 g/mol. The van der Waals surface area contributed by atoms with E-state index in [4.69, 9.17) is 35.6 Å². The molecule has 0 bridgehead atoms. The minimum Gasteiger partial charge on any atom is -0.467 e. The summed E-state index contributed by atoms with van der Waals surface area (Å²) < 4.78 is 36.0. The van der Waals surface area contributed by atoms with Crippen molar-refractivity contribution in [1.29, 1.82) is 0 Å². The van der Waals surface area contributed by atoms with Gasteiger partial charge in [-0.05, 0) is 45.9 Å². The summed E-state index contributed by atoms with van der Waals surface area (Å²) in [6.07, 6.45) is -0.444. The van der Waals surface area contributed by atoms with Crippen molar-refractivity contribution in [2.75, 3.05) is 45.8 Å². The molecule has 0 saturated heterocycles. The van der Waals surface area contributed by atoms with E-state index in [1.807, 2.05) is 48.5 Å². The molecular weight excluding hydrogens is 747 g/mol. The summed E-state index contributed by atoms with van der Waals surface area (Å²) in [5, 5.41) is 5.13. The highest BCUT2D eigenvalue weighted by molar-refractivity contribution is 8.76. The van der Waals surface area contributed by atoms with Gasteiger partial charge in [0, 0.05) is 34.7 Å². The Kier molecular flexibility index (Phi) is 15.6. The molecule has 0 heterocycles. The van der Waals surface area contributed by atoms with Gasteiger partial charge in [0.2, 0.25) is 5.91 Å². The first-order chi connectivity index (χ1) is 24.4. The maximum atomic E-state index is 13.2. The van der Waals surface area contributed by atoms with Crippen molar-refractivity contribution in [3.63, 3.8) is 0 Å². The Bertz CT molecular complexity index is 1700. The molecule has 0 aliphatic heterocycles. The zero-order chi connectivity index (χ0) is 36.8. The van der Waals surface area contributed by atoms with Gasteiger partial charge in [-0.1, -0.05) is 82.3 Å². The summed E-state index contributed by atoms with van der Waals surface area (Å²) in [6, 6.07) is 20.0. The van der Waals surface area contributed by atoms with Crippen LogP contribution in [0.4, 0.5) is 9.59 Å². The maximum Gasteiger partial charge on any atom is 0.469 e. The molecular formula is C33H36ClN2O12PS2. The maximum absolute atomic E-state index is 13.2. The zero-order valence-corrected chi connectivity index (χ0v) is 30.6. The number of carbonyl (C=O) groups is 4. The molecule has 0 aromatic heterocycles. The van der Waals surface area contributed by atoms with E-state index in [0.717, 1.165) is 32.7 Å². The number of esters is 1. The third-order valence-electron chi connectivity index (χ3n) is 7.44. The number of nitrogens with one attached hydrogen (secondary N) is 2. The minimum atomic E-state index is -4.74. The average molecular weight is 783 g/mol. The van der Waals surface area contributed by atoms with E-state index in [1.165, 1.54) is 28.7 Å². The summed E-state index contributed by atoms with van der Waals surface area (Å²) >= 11 is 5.31. The lowest BCUT2D eigenvalue weighted by atomic mass is 9.98. The predicted molar refractivity (Wildman–Crippen MR) is 190 cm³/mol. The van der Waals surface area contributed by atoms with Crippen molar-refractivity contribution in [2.45, 2.75) is 29.9 Å². The molecule has 274 valence electrons. The average Bonchev–Trinajstić information content (AvgIpc) is 3.43. The normalized spacial score (nSPS) is 12.7. The molecule has 2 amide bonds. The fourth-order valence-corrected chi connectivity index (χ4v) is 7.95. The number of halogens is 1. The molecule has 1 unspecified atom stereocenters. The molecule has 14 nitrogen and oxygen atoms in total. The molecule has 4 rings (SSSR count). The molecule has 3 aromatic rings. The van der Waals surface area contributed by atoms with E-state index in [0.29, 0.717) is 12.0 Å². The first-order valence-electron chi connectivity index (χ1n) is 15.4. The van der Waals surface area contributed by atoms with Crippen LogP contribution in [0.15, 0.2) is 71.6 Å². The second kappa shape index (κ2) is 19.9. The highest BCUT2D eigenvalue weighted by atomic mass is 35.5. The summed E-state index contributed by atoms with van der Waals surface area (Å²) in [7, 11) is -0.926. The van der Waals surface area contributed by atoms with E-state index < -0.39 is 43.9 Å². The number of carbonyl (C=O) groups excluding carboxylic acids is 4. The van der Waals surface area contributed by atoms with Gasteiger partial charge in [-0.15, -0.1) is 0 Å². The van der Waals surface area contributed by atoms with Crippen molar-refractivity contribution >= 4 is 64.4 Å². The first-order valence-corrected chi connectivity index (χ1v) is 19.6. The zero-order valence-electron chi connectivity index (χ0n) is 27.3. The van der Waals surface area contributed by atoms with Crippen LogP contribution in [0.3, 0.4) is 0 Å². The number of hydrogen-bond acceptors (Lipinski definition) is 12. The van der Waals surface area contributed by atoms with Gasteiger partial charge in [0.15, 0.2) is 0 Å². The van der Waals surface area contributed by atoms with Crippen molar-refractivity contribution in [3.05, 3.63) is 89.0 Å². The lowest BCUT2D eigenvalue weighted by Gasteiger charge is -2.20. The largest absolute Gasteiger partial charge is 0.469 e. The van der Waals surface area contributed by atoms with Crippen LogP contribution in [0.1, 0.15) is 28.2 Å². The Balaban J connectivity index is 1.41. The van der Waals surface area contributed by atoms with E-state index in [2.05, 4.69) is 19.9 Å². The van der Waals surface area contributed by atoms with Gasteiger partial charge in [-0.2, -0.15) is 0 Å². The van der Waals surface area contributed by atoms with Gasteiger partial charge >= 0.3 is 25.3 Å². The summed E-state index contributed by atoms with van der Waals surface area (Å²) in [4.78, 5) is 67.5. The lowest BCUT2D eigenvalue weighted by Crippen LogP contribution is -2.49. The number of ether oxygens (including phenoxy) is 4. The topological polar surface area (TPSA) is 196 Å². The molecule has 1 atom stereocenters. The Labute approximate surface area is 306 Å². The van der Waals surface area contributed by atoms with Crippen molar-refractivity contribution in [2.24, 2.45) is 0 Å². The number of phosphoric acid groups is 1. The molecule has 1 aliphatic carbocycles. The molecule has 0 saturated carbocycles. The van der Waals surface area contributed by atoms with Crippen LogP contribution < -0.4 is 10.6 Å². The van der Waals surface area contributed by atoms with Crippen LogP contribution in [-0.4, -0.2) is 85.1 Å². The third-order valence-corrected chi connectivity index (χ3v) is 10.5. The fourth-order valence-electron chi connectivity index (χ4n) is 5.13. The van der Waals surface area contributed by atoms with Crippen LogP contribution in [0.25, 0.3) is 11.1 Å². The smallest absolute Gasteiger partial charge is 0.467 e. The Morgan fingerprint density at radius 2 is 1.65 bits per heavy atom. The Hall–Kier alpha value is -3.60. The predicted octanol–water partition coefficient (Wildman–Crippen LogP) is 5.17. The van der Waals surface area contributed by atoms with Crippen molar-refractivity contribution in [3.8, 4) is 11.1 Å². The molecule has 18 heteroatoms. The number of alkyl carbamates (subject to hydrolysis) is 1. The molecule has 1 aliphatic rings. The SMILES string of the molecule is COC(=O)COCCc1cc(COC(=O)Cl)ccc1SSCC(NC(=O)OCC1c2ccccc2-c2ccccc21)C(=O)NCCOP(=O)(O)O. The fraction of sp³-hybridized carbons (Fsp3) is 0.333. The van der Waals surface area contributed by atoms with E-state index in [1.54, 1.807) is 18.2 Å². The van der Waals surface area contributed by atoms with Gasteiger partial charge in [-0.25, -0.2) is 18.9 Å². The van der Waals surface area contributed by atoms with Crippen molar-refractivity contribution < 1.29 is 57.0 Å². The van der Waals surface area contributed by atoms with Gasteiger partial charge in [-0.3, -0.25) is 9.32 Å². The number of fused-ring (bicyclic) bond motifs is 3. The summed E-state index contributed by atoms with van der Waals surface area (Å²) in [5.74, 6) is -1.29. The molecule has 0 spiro atoms. The Morgan fingerprint density at radius 3 is 2.29 bits per heavy atom. The second-order valence-corrected chi connectivity index (χ2v) is 14.8. The second-order valence-electron chi connectivity index (χ2n) is 10.9. The minimum absolute atomic E-state index is 0.0268. The quantitative estimate of drug-likeness (QED) is 0.0311. The summed E-state index contributed by atoms with van der Waals surface area (Å²) in [5.41, 5.74) is 4.68.